The van der Waals surface area contributed by atoms with Crippen LogP contribution in [0.3, 0.4) is 0 Å². The molecule has 0 amide bonds. The van der Waals surface area contributed by atoms with Crippen molar-refractivity contribution >= 4 is 5.69 Å². The monoisotopic (exact) mass is 282 g/mol. The number of ether oxygens (including phenoxy) is 1. The van der Waals surface area contributed by atoms with Crippen LogP contribution in [0.1, 0.15) is 19.3 Å². The van der Waals surface area contributed by atoms with E-state index in [9.17, 15) is 5.11 Å². The Labute approximate surface area is 121 Å². The molecule has 0 aromatic heterocycles. The van der Waals surface area contributed by atoms with Crippen molar-refractivity contribution in [3.63, 3.8) is 0 Å². The zero-order valence-corrected chi connectivity index (χ0v) is 12.2. The van der Waals surface area contributed by atoms with Crippen LogP contribution in [0, 0.1) is 0 Å². The van der Waals surface area contributed by atoms with Crippen molar-refractivity contribution < 1.29 is 14.9 Å². The number of hydrogen-bond acceptors (Lipinski definition) is 5. The van der Waals surface area contributed by atoms with Gasteiger partial charge in [0.15, 0.2) is 0 Å². The van der Waals surface area contributed by atoms with Crippen LogP contribution >= 0.6 is 0 Å². The molecule has 0 saturated carbocycles. The summed E-state index contributed by atoms with van der Waals surface area (Å²) in [5.41, 5.74) is 6.35. The molecular formula is C15H26N2O3. The molecule has 5 heteroatoms. The summed E-state index contributed by atoms with van der Waals surface area (Å²) >= 11 is 0. The molecule has 1 aromatic carbocycles. The predicted molar refractivity (Wildman–Crippen MR) is 80.8 cm³/mol. The number of unbranched alkanes of at least 4 members (excludes halogenated alkanes) is 2. The lowest BCUT2D eigenvalue weighted by atomic mass is 10.2. The van der Waals surface area contributed by atoms with Crippen molar-refractivity contribution in [1.82, 2.24) is 4.90 Å². The third-order valence-corrected chi connectivity index (χ3v) is 3.07. The molecule has 0 aliphatic rings. The minimum absolute atomic E-state index is 0.231. The topological polar surface area (TPSA) is 79.0 Å². The van der Waals surface area contributed by atoms with Crippen LogP contribution in [0.5, 0.6) is 5.75 Å². The number of anilines is 1. The van der Waals surface area contributed by atoms with E-state index in [1.807, 2.05) is 19.2 Å². The number of aliphatic hydroxyl groups is 2. The van der Waals surface area contributed by atoms with Crippen molar-refractivity contribution in [2.24, 2.45) is 0 Å². The molecule has 0 aliphatic carbocycles. The summed E-state index contributed by atoms with van der Waals surface area (Å²) in [5, 5.41) is 18.6. The fraction of sp³-hybridized carbons (Fsp3) is 0.600. The molecule has 0 heterocycles. The van der Waals surface area contributed by atoms with E-state index in [0.717, 1.165) is 25.8 Å². The van der Waals surface area contributed by atoms with Crippen LogP contribution in [-0.2, 0) is 0 Å². The Bertz CT molecular complexity index is 374. The number of aliphatic hydroxyl groups excluding tert-OH is 2. The van der Waals surface area contributed by atoms with E-state index in [4.69, 9.17) is 15.6 Å². The fourth-order valence-electron chi connectivity index (χ4n) is 1.97. The lowest BCUT2D eigenvalue weighted by molar-refractivity contribution is 0.0760. The third-order valence-electron chi connectivity index (χ3n) is 3.07. The zero-order chi connectivity index (χ0) is 14.8. The highest BCUT2D eigenvalue weighted by atomic mass is 16.5. The van der Waals surface area contributed by atoms with Crippen LogP contribution in [0.2, 0.25) is 0 Å². The van der Waals surface area contributed by atoms with Gasteiger partial charge in [-0.15, -0.1) is 0 Å². The summed E-state index contributed by atoms with van der Waals surface area (Å²) < 4.78 is 5.51. The van der Waals surface area contributed by atoms with E-state index < -0.39 is 6.10 Å². The van der Waals surface area contributed by atoms with Crippen molar-refractivity contribution in [2.75, 3.05) is 39.1 Å². The highest BCUT2D eigenvalue weighted by Crippen LogP contribution is 2.19. The number of likely N-dealkylation sites (N-methyl/N-ethyl adjacent to an activating group) is 1. The number of nitrogens with two attached hydrogens (primary N) is 1. The van der Waals surface area contributed by atoms with Gasteiger partial charge in [-0.25, -0.2) is 0 Å². The van der Waals surface area contributed by atoms with Gasteiger partial charge in [-0.2, -0.15) is 0 Å². The largest absolute Gasteiger partial charge is 0.489 e. The van der Waals surface area contributed by atoms with Crippen LogP contribution in [-0.4, -0.2) is 54.6 Å². The smallest absolute Gasteiger partial charge is 0.142 e. The summed E-state index contributed by atoms with van der Waals surface area (Å²) in [6.45, 7) is 1.95. The Morgan fingerprint density at radius 3 is 2.70 bits per heavy atom. The van der Waals surface area contributed by atoms with Crippen molar-refractivity contribution in [3.05, 3.63) is 24.3 Å². The van der Waals surface area contributed by atoms with Gasteiger partial charge in [0.05, 0.1) is 5.69 Å². The Morgan fingerprint density at radius 1 is 1.25 bits per heavy atom. The standard InChI is InChI=1S/C15H26N2O3/c1-17(9-5-2-6-10-18)11-13(19)12-20-15-8-4-3-7-14(15)16/h3-4,7-8,13,18-19H,2,5-6,9-12,16H2,1H3. The van der Waals surface area contributed by atoms with Crippen molar-refractivity contribution in [3.8, 4) is 5.75 Å². The van der Waals surface area contributed by atoms with Gasteiger partial charge >= 0.3 is 0 Å². The molecule has 0 spiro atoms. The SMILES string of the molecule is CN(CCCCCO)CC(O)COc1ccccc1N. The molecule has 1 unspecified atom stereocenters. The second kappa shape index (κ2) is 9.58. The van der Waals surface area contributed by atoms with E-state index in [0.29, 0.717) is 18.0 Å². The van der Waals surface area contributed by atoms with Crippen molar-refractivity contribution in [2.45, 2.75) is 25.4 Å². The molecular weight excluding hydrogens is 256 g/mol. The molecule has 4 N–H and O–H groups in total. The van der Waals surface area contributed by atoms with Gasteiger partial charge in [-0.05, 0) is 45.0 Å². The van der Waals surface area contributed by atoms with E-state index in [-0.39, 0.29) is 13.2 Å². The van der Waals surface area contributed by atoms with Gasteiger partial charge in [-0.1, -0.05) is 12.1 Å². The second-order valence-corrected chi connectivity index (χ2v) is 5.05. The molecule has 0 radical (unpaired) electrons. The summed E-state index contributed by atoms with van der Waals surface area (Å²) in [4.78, 5) is 2.07. The molecule has 0 aliphatic heterocycles. The highest BCUT2D eigenvalue weighted by Gasteiger charge is 2.09. The normalized spacial score (nSPS) is 12.6. The lowest BCUT2D eigenvalue weighted by Gasteiger charge is -2.21. The number of hydrogen-bond donors (Lipinski definition) is 3. The van der Waals surface area contributed by atoms with E-state index in [1.54, 1.807) is 12.1 Å². The lowest BCUT2D eigenvalue weighted by Crippen LogP contribution is -2.33. The van der Waals surface area contributed by atoms with Crippen LogP contribution in [0.15, 0.2) is 24.3 Å². The first-order chi connectivity index (χ1) is 9.63. The molecule has 0 saturated heterocycles. The predicted octanol–water partition coefficient (Wildman–Crippen LogP) is 1.10. The minimum Gasteiger partial charge on any atom is -0.489 e. The molecule has 0 fully saturated rings. The molecule has 0 bridgehead atoms. The van der Waals surface area contributed by atoms with Gasteiger partial charge in [0.25, 0.3) is 0 Å². The van der Waals surface area contributed by atoms with E-state index >= 15 is 0 Å². The Hall–Kier alpha value is -1.30. The summed E-state index contributed by atoms with van der Waals surface area (Å²) in [6, 6.07) is 7.26. The summed E-state index contributed by atoms with van der Waals surface area (Å²) in [5.74, 6) is 0.608. The van der Waals surface area contributed by atoms with Crippen molar-refractivity contribution in [1.29, 1.82) is 0 Å². The van der Waals surface area contributed by atoms with Gasteiger partial charge in [0.1, 0.15) is 18.5 Å². The first-order valence-electron chi connectivity index (χ1n) is 7.08. The maximum Gasteiger partial charge on any atom is 0.142 e. The molecule has 1 rings (SSSR count). The number of nitrogen functional groups attached to an aromatic ring is 1. The highest BCUT2D eigenvalue weighted by molar-refractivity contribution is 5.51. The van der Waals surface area contributed by atoms with Crippen LogP contribution in [0.4, 0.5) is 5.69 Å². The van der Waals surface area contributed by atoms with Gasteiger partial charge in [0, 0.05) is 13.2 Å². The van der Waals surface area contributed by atoms with Crippen LogP contribution in [0.25, 0.3) is 0 Å². The van der Waals surface area contributed by atoms with Gasteiger partial charge < -0.3 is 25.6 Å². The maximum atomic E-state index is 9.93. The van der Waals surface area contributed by atoms with Crippen LogP contribution < -0.4 is 10.5 Å². The molecule has 114 valence electrons. The number of para-hydroxylation sites is 2. The average Bonchev–Trinajstić information content (AvgIpc) is 2.43. The third kappa shape index (κ3) is 6.75. The first-order valence-corrected chi connectivity index (χ1v) is 7.08. The van der Waals surface area contributed by atoms with E-state index in [1.165, 1.54) is 0 Å². The van der Waals surface area contributed by atoms with Gasteiger partial charge in [0.2, 0.25) is 0 Å². The fourth-order valence-corrected chi connectivity index (χ4v) is 1.97. The first kappa shape index (κ1) is 16.8. The second-order valence-electron chi connectivity index (χ2n) is 5.05. The average molecular weight is 282 g/mol. The summed E-state index contributed by atoms with van der Waals surface area (Å²) in [6.07, 6.45) is 2.33. The quantitative estimate of drug-likeness (QED) is 0.442. The Kier molecular flexibility index (Phi) is 8.02. The molecule has 1 aromatic rings. The Morgan fingerprint density at radius 2 is 2.00 bits per heavy atom. The number of nitrogens with zero attached hydrogens (tertiary/aromatic N) is 1. The minimum atomic E-state index is -0.544. The number of rotatable bonds is 10. The van der Waals surface area contributed by atoms with E-state index in [2.05, 4.69) is 4.90 Å². The number of benzene rings is 1. The molecule has 1 atom stereocenters. The molecule has 5 nitrogen and oxygen atoms in total. The zero-order valence-electron chi connectivity index (χ0n) is 12.2. The van der Waals surface area contributed by atoms with Gasteiger partial charge in [-0.3, -0.25) is 0 Å². The maximum absolute atomic E-state index is 9.93. The Balaban J connectivity index is 2.19. The molecule has 20 heavy (non-hydrogen) atoms. The summed E-state index contributed by atoms with van der Waals surface area (Å²) in [7, 11) is 1.97.